The van der Waals surface area contributed by atoms with E-state index in [2.05, 4.69) is 12.2 Å². The van der Waals surface area contributed by atoms with Crippen molar-refractivity contribution in [2.45, 2.75) is 32.6 Å². The van der Waals surface area contributed by atoms with Gasteiger partial charge in [-0.25, -0.2) is 0 Å². The van der Waals surface area contributed by atoms with Crippen molar-refractivity contribution in [3.05, 3.63) is 29.8 Å². The Balaban J connectivity index is 2.27. The fraction of sp³-hybridized carbons (Fsp3) is 0.562. The number of carbonyl (C=O) groups is 1. The minimum absolute atomic E-state index is 0.0129. The number of benzene rings is 1. The summed E-state index contributed by atoms with van der Waals surface area (Å²) < 4.78 is 0. The van der Waals surface area contributed by atoms with Crippen LogP contribution in [-0.2, 0) is 11.2 Å². The molecule has 0 bridgehead atoms. The lowest BCUT2D eigenvalue weighted by Gasteiger charge is -2.16. The summed E-state index contributed by atoms with van der Waals surface area (Å²) in [4.78, 5) is 13.9. The van der Waals surface area contributed by atoms with Crippen LogP contribution in [0, 0.1) is 0 Å². The lowest BCUT2D eigenvalue weighted by Crippen LogP contribution is -2.30. The van der Waals surface area contributed by atoms with Crippen molar-refractivity contribution < 1.29 is 9.90 Å². The van der Waals surface area contributed by atoms with E-state index >= 15 is 0 Å². The number of aryl methyl sites for hydroxylation is 1. The molecule has 4 heteroatoms. The summed E-state index contributed by atoms with van der Waals surface area (Å²) >= 11 is 0. The van der Waals surface area contributed by atoms with Crippen LogP contribution in [0.2, 0.25) is 0 Å². The van der Waals surface area contributed by atoms with Gasteiger partial charge in [0.2, 0.25) is 5.91 Å². The lowest BCUT2D eigenvalue weighted by atomic mass is 10.1. The number of amides is 1. The first-order chi connectivity index (χ1) is 9.65. The molecule has 0 spiro atoms. The van der Waals surface area contributed by atoms with E-state index in [0.29, 0.717) is 6.54 Å². The van der Waals surface area contributed by atoms with Gasteiger partial charge in [0, 0.05) is 12.3 Å². The summed E-state index contributed by atoms with van der Waals surface area (Å²) in [6.07, 6.45) is 3.85. The van der Waals surface area contributed by atoms with Crippen LogP contribution in [0.5, 0.6) is 0 Å². The molecule has 0 aliphatic rings. The number of hydrogen-bond acceptors (Lipinski definition) is 3. The number of rotatable bonds is 9. The van der Waals surface area contributed by atoms with E-state index in [0.717, 1.165) is 37.9 Å². The maximum absolute atomic E-state index is 11.9. The van der Waals surface area contributed by atoms with Crippen LogP contribution in [0.4, 0.5) is 5.69 Å². The smallest absolute Gasteiger partial charge is 0.238 e. The number of likely N-dealkylation sites (N-methyl/N-ethyl adjacent to an activating group) is 1. The summed E-state index contributed by atoms with van der Waals surface area (Å²) in [5.41, 5.74) is 2.12. The van der Waals surface area contributed by atoms with Crippen LogP contribution < -0.4 is 5.32 Å². The monoisotopic (exact) mass is 278 g/mol. The van der Waals surface area contributed by atoms with E-state index in [1.807, 2.05) is 36.2 Å². The minimum Gasteiger partial charge on any atom is -0.396 e. The van der Waals surface area contributed by atoms with Crippen molar-refractivity contribution in [3.63, 3.8) is 0 Å². The molecule has 0 atom stereocenters. The molecule has 112 valence electrons. The molecule has 0 fully saturated rings. The predicted octanol–water partition coefficient (Wildman–Crippen LogP) is 2.28. The zero-order chi connectivity index (χ0) is 14.8. The van der Waals surface area contributed by atoms with Gasteiger partial charge in [0.15, 0.2) is 0 Å². The molecule has 20 heavy (non-hydrogen) atoms. The van der Waals surface area contributed by atoms with Gasteiger partial charge in [-0.3, -0.25) is 9.69 Å². The second kappa shape index (κ2) is 9.50. The first-order valence-electron chi connectivity index (χ1n) is 7.34. The van der Waals surface area contributed by atoms with E-state index in [4.69, 9.17) is 5.11 Å². The largest absolute Gasteiger partial charge is 0.396 e. The third-order valence-electron chi connectivity index (χ3n) is 3.26. The van der Waals surface area contributed by atoms with Gasteiger partial charge in [-0.1, -0.05) is 19.1 Å². The Kier molecular flexibility index (Phi) is 7.92. The molecule has 0 aromatic heterocycles. The average molecular weight is 278 g/mol. The Hall–Kier alpha value is -1.39. The zero-order valence-corrected chi connectivity index (χ0v) is 12.6. The van der Waals surface area contributed by atoms with Crippen molar-refractivity contribution in [2.24, 2.45) is 0 Å². The molecule has 4 nitrogen and oxygen atoms in total. The van der Waals surface area contributed by atoms with Crippen LogP contribution in [0.15, 0.2) is 24.3 Å². The Morgan fingerprint density at radius 1 is 1.20 bits per heavy atom. The van der Waals surface area contributed by atoms with Crippen molar-refractivity contribution in [1.82, 2.24) is 4.90 Å². The zero-order valence-electron chi connectivity index (χ0n) is 12.6. The molecular weight excluding hydrogens is 252 g/mol. The first-order valence-corrected chi connectivity index (χ1v) is 7.34. The number of aliphatic hydroxyl groups is 1. The molecule has 1 amide bonds. The second-order valence-corrected chi connectivity index (χ2v) is 5.12. The summed E-state index contributed by atoms with van der Waals surface area (Å²) in [5, 5.41) is 11.6. The fourth-order valence-electron chi connectivity index (χ4n) is 2.02. The second-order valence-electron chi connectivity index (χ2n) is 5.12. The molecule has 0 saturated heterocycles. The van der Waals surface area contributed by atoms with Gasteiger partial charge in [0.1, 0.15) is 0 Å². The fourth-order valence-corrected chi connectivity index (χ4v) is 2.02. The highest BCUT2D eigenvalue weighted by molar-refractivity contribution is 5.92. The Labute approximate surface area is 121 Å². The maximum atomic E-state index is 11.9. The van der Waals surface area contributed by atoms with Gasteiger partial charge in [0.05, 0.1) is 6.54 Å². The number of nitrogens with one attached hydrogen (secondary N) is 1. The maximum Gasteiger partial charge on any atom is 0.238 e. The Morgan fingerprint density at radius 3 is 2.50 bits per heavy atom. The Morgan fingerprint density at radius 2 is 1.90 bits per heavy atom. The highest BCUT2D eigenvalue weighted by atomic mass is 16.2. The highest BCUT2D eigenvalue weighted by Gasteiger charge is 2.06. The number of aliphatic hydroxyl groups excluding tert-OH is 1. The number of nitrogens with zero attached hydrogens (tertiary/aromatic N) is 1. The van der Waals surface area contributed by atoms with Crippen LogP contribution in [-0.4, -0.2) is 42.7 Å². The highest BCUT2D eigenvalue weighted by Crippen LogP contribution is 2.09. The predicted molar refractivity (Wildman–Crippen MR) is 82.9 cm³/mol. The molecular formula is C16H26N2O2. The normalized spacial score (nSPS) is 10.8. The molecule has 1 rings (SSSR count). The number of anilines is 1. The van der Waals surface area contributed by atoms with Crippen molar-refractivity contribution in [1.29, 1.82) is 0 Å². The average Bonchev–Trinajstić information content (AvgIpc) is 2.44. The number of hydrogen-bond donors (Lipinski definition) is 2. The molecule has 1 aromatic rings. The van der Waals surface area contributed by atoms with E-state index in [1.165, 1.54) is 5.56 Å². The standard InChI is InChI=1S/C16H26N2O2/c1-3-14-7-9-15(10-8-14)17-16(20)13-18(2)11-5-4-6-12-19/h7-10,19H,3-6,11-13H2,1-2H3,(H,17,20). The van der Waals surface area contributed by atoms with Gasteiger partial charge in [0.25, 0.3) is 0 Å². The summed E-state index contributed by atoms with van der Waals surface area (Å²) in [7, 11) is 1.94. The SMILES string of the molecule is CCc1ccc(NC(=O)CN(C)CCCCCO)cc1. The molecule has 2 N–H and O–H groups in total. The van der Waals surface area contributed by atoms with Crippen LogP contribution in [0.1, 0.15) is 31.7 Å². The van der Waals surface area contributed by atoms with Gasteiger partial charge in [-0.05, 0) is 57.0 Å². The number of unbranched alkanes of at least 4 members (excludes halogenated alkanes) is 2. The molecule has 0 heterocycles. The molecule has 0 saturated carbocycles. The van der Waals surface area contributed by atoms with E-state index in [-0.39, 0.29) is 12.5 Å². The van der Waals surface area contributed by atoms with Crippen molar-refractivity contribution >= 4 is 11.6 Å². The summed E-state index contributed by atoms with van der Waals surface area (Å²) in [6, 6.07) is 7.96. The summed E-state index contributed by atoms with van der Waals surface area (Å²) in [5.74, 6) is 0.0129. The van der Waals surface area contributed by atoms with Gasteiger partial charge in [-0.2, -0.15) is 0 Å². The van der Waals surface area contributed by atoms with Crippen molar-refractivity contribution in [2.75, 3.05) is 32.1 Å². The number of carbonyl (C=O) groups excluding carboxylic acids is 1. The van der Waals surface area contributed by atoms with Gasteiger partial charge in [-0.15, -0.1) is 0 Å². The van der Waals surface area contributed by atoms with Crippen LogP contribution in [0.25, 0.3) is 0 Å². The quantitative estimate of drug-likeness (QED) is 0.681. The minimum atomic E-state index is 0.0129. The molecule has 0 aliphatic heterocycles. The molecule has 1 aromatic carbocycles. The van der Waals surface area contributed by atoms with Crippen LogP contribution in [0.3, 0.4) is 0 Å². The molecule has 0 aliphatic carbocycles. The third-order valence-corrected chi connectivity index (χ3v) is 3.26. The third kappa shape index (κ3) is 6.68. The van der Waals surface area contributed by atoms with Gasteiger partial charge < -0.3 is 10.4 Å². The summed E-state index contributed by atoms with van der Waals surface area (Å²) in [6.45, 7) is 3.63. The van der Waals surface area contributed by atoms with Crippen LogP contribution >= 0.6 is 0 Å². The first kappa shape index (κ1) is 16.7. The topological polar surface area (TPSA) is 52.6 Å². The lowest BCUT2D eigenvalue weighted by molar-refractivity contribution is -0.117. The van der Waals surface area contributed by atoms with E-state index < -0.39 is 0 Å². The molecule has 0 radical (unpaired) electrons. The van der Waals surface area contributed by atoms with E-state index in [1.54, 1.807) is 0 Å². The van der Waals surface area contributed by atoms with E-state index in [9.17, 15) is 4.79 Å². The molecule has 0 unspecified atom stereocenters. The Bertz CT molecular complexity index is 390. The van der Waals surface area contributed by atoms with Gasteiger partial charge >= 0.3 is 0 Å². The van der Waals surface area contributed by atoms with Crippen molar-refractivity contribution in [3.8, 4) is 0 Å².